The van der Waals surface area contributed by atoms with Gasteiger partial charge in [-0.15, -0.1) is 0 Å². The number of benzene rings is 1. The number of aryl methyl sites for hydroxylation is 1. The van der Waals surface area contributed by atoms with E-state index in [4.69, 9.17) is 0 Å². The third kappa shape index (κ3) is 1.94. The van der Waals surface area contributed by atoms with Crippen molar-refractivity contribution in [2.75, 3.05) is 0 Å². The van der Waals surface area contributed by atoms with Crippen molar-refractivity contribution in [1.82, 2.24) is 0 Å². The van der Waals surface area contributed by atoms with Crippen LogP contribution in [-0.4, -0.2) is 0 Å². The highest BCUT2D eigenvalue weighted by molar-refractivity contribution is 5.67. The first kappa shape index (κ1) is 10.3. The molecule has 1 aromatic rings. The van der Waals surface area contributed by atoms with Crippen LogP contribution in [0.25, 0.3) is 5.57 Å². The quantitative estimate of drug-likeness (QED) is 0.647. The van der Waals surface area contributed by atoms with Crippen molar-refractivity contribution in [3.8, 4) is 0 Å². The fraction of sp³-hybridized carbons (Fsp3) is 0.385. The minimum Gasteiger partial charge on any atom is -0.203 e. The Morgan fingerprint density at radius 1 is 1.07 bits per heavy atom. The maximum atomic E-state index is 13.6. The second-order valence-electron chi connectivity index (χ2n) is 4.03. The summed E-state index contributed by atoms with van der Waals surface area (Å²) in [6.07, 6.45) is 6.08. The Bertz CT molecular complexity index is 405. The molecule has 0 saturated carbocycles. The highest BCUT2D eigenvalue weighted by Crippen LogP contribution is 2.29. The minimum absolute atomic E-state index is 0.368. The number of halogens is 2. The topological polar surface area (TPSA) is 0 Å². The van der Waals surface area contributed by atoms with Crippen LogP contribution in [0.3, 0.4) is 0 Å². The van der Waals surface area contributed by atoms with Gasteiger partial charge >= 0.3 is 0 Å². The lowest BCUT2D eigenvalue weighted by atomic mass is 9.93. The predicted molar refractivity (Wildman–Crippen MR) is 57.5 cm³/mol. The highest BCUT2D eigenvalue weighted by atomic mass is 19.2. The summed E-state index contributed by atoms with van der Waals surface area (Å²) in [5.74, 6) is -1.40. The molecule has 0 unspecified atom stereocenters. The van der Waals surface area contributed by atoms with Gasteiger partial charge in [-0.05, 0) is 43.7 Å². The van der Waals surface area contributed by atoms with E-state index in [0.717, 1.165) is 31.3 Å². The van der Waals surface area contributed by atoms with Gasteiger partial charge in [-0.3, -0.25) is 0 Å². The zero-order valence-corrected chi connectivity index (χ0v) is 8.82. The van der Waals surface area contributed by atoms with Gasteiger partial charge in [0.1, 0.15) is 0 Å². The van der Waals surface area contributed by atoms with Crippen molar-refractivity contribution in [1.29, 1.82) is 0 Å². The lowest BCUT2D eigenvalue weighted by molar-refractivity contribution is 0.500. The summed E-state index contributed by atoms with van der Waals surface area (Å²) >= 11 is 0. The van der Waals surface area contributed by atoms with Gasteiger partial charge in [-0.2, -0.15) is 0 Å². The van der Waals surface area contributed by atoms with Crippen molar-refractivity contribution in [2.24, 2.45) is 0 Å². The lowest BCUT2D eigenvalue weighted by Crippen LogP contribution is -1.99. The van der Waals surface area contributed by atoms with E-state index in [-0.39, 0.29) is 0 Å². The van der Waals surface area contributed by atoms with Crippen LogP contribution in [0.1, 0.15) is 36.8 Å². The molecule has 2 rings (SSSR count). The molecule has 0 bridgehead atoms. The van der Waals surface area contributed by atoms with Crippen molar-refractivity contribution in [3.05, 3.63) is 41.0 Å². The molecule has 0 N–H and O–H groups in total. The molecule has 0 aliphatic heterocycles. The van der Waals surface area contributed by atoms with E-state index >= 15 is 0 Å². The summed E-state index contributed by atoms with van der Waals surface area (Å²) in [5.41, 5.74) is 1.77. The summed E-state index contributed by atoms with van der Waals surface area (Å²) in [7, 11) is 0. The van der Waals surface area contributed by atoms with E-state index in [1.807, 2.05) is 6.08 Å². The fourth-order valence-electron chi connectivity index (χ4n) is 1.98. The van der Waals surface area contributed by atoms with Gasteiger partial charge in [0.25, 0.3) is 0 Å². The molecule has 0 spiro atoms. The predicted octanol–water partition coefficient (Wildman–Crippen LogP) is 4.23. The molecular weight excluding hydrogens is 194 g/mol. The maximum absolute atomic E-state index is 13.6. The molecule has 0 radical (unpaired) electrons. The van der Waals surface area contributed by atoms with E-state index in [2.05, 4.69) is 0 Å². The molecule has 2 heteroatoms. The fourth-order valence-corrected chi connectivity index (χ4v) is 1.98. The molecule has 1 aromatic carbocycles. The van der Waals surface area contributed by atoms with Crippen LogP contribution in [0.5, 0.6) is 0 Å². The van der Waals surface area contributed by atoms with E-state index in [1.165, 1.54) is 0 Å². The monoisotopic (exact) mass is 208 g/mol. The third-order valence-corrected chi connectivity index (χ3v) is 2.91. The average molecular weight is 208 g/mol. The molecule has 0 atom stereocenters. The first-order valence-electron chi connectivity index (χ1n) is 5.34. The van der Waals surface area contributed by atoms with Crippen molar-refractivity contribution in [2.45, 2.75) is 32.6 Å². The number of rotatable bonds is 1. The van der Waals surface area contributed by atoms with Gasteiger partial charge in [0.15, 0.2) is 11.6 Å². The van der Waals surface area contributed by atoms with E-state index < -0.39 is 11.6 Å². The smallest absolute Gasteiger partial charge is 0.166 e. The summed E-state index contributed by atoms with van der Waals surface area (Å²) < 4.78 is 27.0. The molecule has 80 valence electrons. The first-order valence-corrected chi connectivity index (χ1v) is 5.34. The largest absolute Gasteiger partial charge is 0.203 e. The van der Waals surface area contributed by atoms with Gasteiger partial charge in [-0.25, -0.2) is 8.78 Å². The Morgan fingerprint density at radius 2 is 1.87 bits per heavy atom. The zero-order chi connectivity index (χ0) is 10.8. The van der Waals surface area contributed by atoms with E-state index in [9.17, 15) is 8.78 Å². The molecule has 0 amide bonds. The number of allylic oxidation sites excluding steroid dienone is 2. The number of hydrogen-bond donors (Lipinski definition) is 0. The van der Waals surface area contributed by atoms with Gasteiger partial charge < -0.3 is 0 Å². The summed E-state index contributed by atoms with van der Waals surface area (Å²) in [6.45, 7) is 1.58. The molecule has 0 fully saturated rings. The van der Waals surface area contributed by atoms with Gasteiger partial charge in [0.2, 0.25) is 0 Å². The molecule has 1 aliphatic rings. The molecule has 0 heterocycles. The van der Waals surface area contributed by atoms with Crippen LogP contribution < -0.4 is 0 Å². The van der Waals surface area contributed by atoms with Gasteiger partial charge in [-0.1, -0.05) is 18.2 Å². The standard InChI is InChI=1S/C13H14F2/c1-9-7-8-11(13(15)12(9)14)10-5-3-2-4-6-10/h5,7-8H,2-4,6H2,1H3. The Hall–Kier alpha value is -1.18. The van der Waals surface area contributed by atoms with Crippen molar-refractivity contribution < 1.29 is 8.78 Å². The summed E-state index contributed by atoms with van der Waals surface area (Å²) in [6, 6.07) is 3.33. The molecule has 0 saturated heterocycles. The summed E-state index contributed by atoms with van der Waals surface area (Å²) in [5, 5.41) is 0. The molecule has 0 aromatic heterocycles. The zero-order valence-electron chi connectivity index (χ0n) is 8.82. The van der Waals surface area contributed by atoms with E-state index in [0.29, 0.717) is 11.1 Å². The molecule has 1 aliphatic carbocycles. The van der Waals surface area contributed by atoms with Gasteiger partial charge in [0, 0.05) is 5.56 Å². The number of hydrogen-bond acceptors (Lipinski definition) is 0. The van der Waals surface area contributed by atoms with Crippen LogP contribution in [0.4, 0.5) is 8.78 Å². The first-order chi connectivity index (χ1) is 7.20. The Balaban J connectivity index is 2.44. The third-order valence-electron chi connectivity index (χ3n) is 2.91. The lowest BCUT2D eigenvalue weighted by Gasteiger charge is -2.14. The summed E-state index contributed by atoms with van der Waals surface area (Å²) in [4.78, 5) is 0. The Labute approximate surface area is 88.6 Å². The SMILES string of the molecule is Cc1ccc(C2=CCCCC2)c(F)c1F. The van der Waals surface area contributed by atoms with Crippen molar-refractivity contribution >= 4 is 5.57 Å². The van der Waals surface area contributed by atoms with Crippen LogP contribution in [-0.2, 0) is 0 Å². The van der Waals surface area contributed by atoms with Crippen LogP contribution in [0, 0.1) is 18.6 Å². The van der Waals surface area contributed by atoms with E-state index in [1.54, 1.807) is 19.1 Å². The molecule has 15 heavy (non-hydrogen) atoms. The average Bonchev–Trinajstić information content (AvgIpc) is 2.27. The van der Waals surface area contributed by atoms with Crippen LogP contribution in [0.2, 0.25) is 0 Å². The second kappa shape index (κ2) is 4.13. The highest BCUT2D eigenvalue weighted by Gasteiger charge is 2.15. The normalized spacial score (nSPS) is 16.3. The minimum atomic E-state index is -0.709. The Morgan fingerprint density at radius 3 is 2.53 bits per heavy atom. The maximum Gasteiger partial charge on any atom is 0.166 e. The van der Waals surface area contributed by atoms with Crippen LogP contribution in [0.15, 0.2) is 18.2 Å². The van der Waals surface area contributed by atoms with Crippen molar-refractivity contribution in [3.63, 3.8) is 0 Å². The van der Waals surface area contributed by atoms with Gasteiger partial charge in [0.05, 0.1) is 0 Å². The van der Waals surface area contributed by atoms with Crippen LogP contribution >= 0.6 is 0 Å². The molecular formula is C13H14F2. The molecule has 0 nitrogen and oxygen atoms in total. The second-order valence-corrected chi connectivity index (χ2v) is 4.03. The Kier molecular flexibility index (Phi) is 2.85.